The normalized spacial score (nSPS) is 12.4. The summed E-state index contributed by atoms with van der Waals surface area (Å²) < 4.78 is 0. The van der Waals surface area contributed by atoms with Gasteiger partial charge in [0.25, 0.3) is 5.91 Å². The highest BCUT2D eigenvalue weighted by molar-refractivity contribution is 5.99. The molecule has 19 heavy (non-hydrogen) atoms. The van der Waals surface area contributed by atoms with E-state index in [0.29, 0.717) is 24.2 Å². The summed E-state index contributed by atoms with van der Waals surface area (Å²) >= 11 is 0. The molecule has 0 bridgehead atoms. The van der Waals surface area contributed by atoms with Crippen molar-refractivity contribution in [3.8, 4) is 0 Å². The van der Waals surface area contributed by atoms with Gasteiger partial charge in [-0.2, -0.15) is 0 Å². The average molecular weight is 287 g/mol. The molecule has 4 nitrogen and oxygen atoms in total. The lowest BCUT2D eigenvalue weighted by Crippen LogP contribution is -2.36. The molecule has 0 aliphatic rings. The minimum Gasteiger partial charge on any atom is -0.398 e. The lowest BCUT2D eigenvalue weighted by atomic mass is 9.87. The molecule has 0 saturated carbocycles. The van der Waals surface area contributed by atoms with Gasteiger partial charge in [0.2, 0.25) is 0 Å². The third kappa shape index (κ3) is 5.94. The van der Waals surface area contributed by atoms with Crippen molar-refractivity contribution >= 4 is 24.0 Å². The molecule has 0 aliphatic carbocycles. The number of aliphatic hydroxyl groups is 1. The van der Waals surface area contributed by atoms with Crippen LogP contribution in [-0.2, 0) is 0 Å². The Kier molecular flexibility index (Phi) is 6.87. The van der Waals surface area contributed by atoms with E-state index in [0.717, 1.165) is 0 Å². The Hall–Kier alpha value is -1.26. The number of benzene rings is 1. The van der Waals surface area contributed by atoms with E-state index in [1.54, 1.807) is 31.2 Å². The molecule has 108 valence electrons. The van der Waals surface area contributed by atoms with Gasteiger partial charge in [-0.1, -0.05) is 26.0 Å². The molecule has 1 unspecified atom stereocenters. The van der Waals surface area contributed by atoms with Crippen LogP contribution in [-0.4, -0.2) is 23.7 Å². The zero-order valence-corrected chi connectivity index (χ0v) is 12.5. The fourth-order valence-corrected chi connectivity index (χ4v) is 1.99. The fraction of sp³-hybridized carbons (Fsp3) is 0.500. The molecule has 0 heterocycles. The first kappa shape index (κ1) is 17.7. The molecule has 1 aromatic rings. The number of carbonyl (C=O) groups is 1. The number of para-hydroxylation sites is 1. The van der Waals surface area contributed by atoms with E-state index in [2.05, 4.69) is 5.32 Å². The maximum absolute atomic E-state index is 11.9. The summed E-state index contributed by atoms with van der Waals surface area (Å²) in [5, 5.41) is 12.2. The number of carbonyl (C=O) groups excluding carboxylic acids is 1. The highest BCUT2D eigenvalue weighted by Crippen LogP contribution is 2.21. The average Bonchev–Trinajstić information content (AvgIpc) is 2.25. The highest BCUT2D eigenvalue weighted by atomic mass is 35.5. The summed E-state index contributed by atoms with van der Waals surface area (Å²) in [6.07, 6.45) is 0.260. The number of anilines is 1. The van der Waals surface area contributed by atoms with Crippen molar-refractivity contribution < 1.29 is 9.90 Å². The van der Waals surface area contributed by atoms with Gasteiger partial charge in [-0.25, -0.2) is 0 Å². The largest absolute Gasteiger partial charge is 0.398 e. The maximum atomic E-state index is 11.9. The second-order valence-corrected chi connectivity index (χ2v) is 5.49. The topological polar surface area (TPSA) is 75.3 Å². The Labute approximate surface area is 120 Å². The Morgan fingerprint density at radius 1 is 1.42 bits per heavy atom. The van der Waals surface area contributed by atoms with Gasteiger partial charge < -0.3 is 16.2 Å². The van der Waals surface area contributed by atoms with E-state index in [1.807, 2.05) is 13.8 Å². The number of nitrogen functional groups attached to an aromatic ring is 1. The van der Waals surface area contributed by atoms with Crippen molar-refractivity contribution in [3.05, 3.63) is 29.8 Å². The molecule has 0 radical (unpaired) electrons. The summed E-state index contributed by atoms with van der Waals surface area (Å²) in [5.41, 5.74) is 6.56. The van der Waals surface area contributed by atoms with Gasteiger partial charge in [-0.15, -0.1) is 12.4 Å². The first-order valence-electron chi connectivity index (χ1n) is 6.12. The monoisotopic (exact) mass is 286 g/mol. The van der Waals surface area contributed by atoms with Crippen molar-refractivity contribution in [2.75, 3.05) is 12.3 Å². The van der Waals surface area contributed by atoms with E-state index in [4.69, 9.17) is 5.73 Å². The lowest BCUT2D eigenvalue weighted by molar-refractivity contribution is 0.0903. The van der Waals surface area contributed by atoms with Crippen molar-refractivity contribution in [2.45, 2.75) is 33.3 Å². The van der Waals surface area contributed by atoms with Crippen LogP contribution < -0.4 is 11.1 Å². The number of hydrogen-bond acceptors (Lipinski definition) is 3. The van der Waals surface area contributed by atoms with Gasteiger partial charge in [0.1, 0.15) is 0 Å². The zero-order chi connectivity index (χ0) is 13.8. The SMILES string of the molecule is CC(O)CC(C)(C)CNC(=O)c1ccccc1N.Cl. The molecule has 4 N–H and O–H groups in total. The molecular weight excluding hydrogens is 264 g/mol. The van der Waals surface area contributed by atoms with Gasteiger partial charge in [0.05, 0.1) is 11.7 Å². The van der Waals surface area contributed by atoms with Crippen molar-refractivity contribution in [2.24, 2.45) is 5.41 Å². The van der Waals surface area contributed by atoms with Gasteiger partial charge in [0, 0.05) is 12.2 Å². The molecule has 0 aromatic heterocycles. The number of aliphatic hydroxyl groups excluding tert-OH is 1. The smallest absolute Gasteiger partial charge is 0.253 e. The van der Waals surface area contributed by atoms with E-state index in [9.17, 15) is 9.90 Å². The minimum absolute atomic E-state index is 0. The summed E-state index contributed by atoms with van der Waals surface area (Å²) in [5.74, 6) is -0.174. The molecule has 1 rings (SSSR count). The second kappa shape index (κ2) is 7.36. The van der Waals surface area contributed by atoms with Crippen molar-refractivity contribution in [1.29, 1.82) is 0 Å². The number of nitrogens with one attached hydrogen (secondary N) is 1. The minimum atomic E-state index is -0.376. The second-order valence-electron chi connectivity index (χ2n) is 5.49. The molecule has 1 amide bonds. The number of hydrogen-bond donors (Lipinski definition) is 3. The Balaban J connectivity index is 0.00000324. The molecular formula is C14H23ClN2O2. The van der Waals surface area contributed by atoms with Gasteiger partial charge >= 0.3 is 0 Å². The summed E-state index contributed by atoms with van der Waals surface area (Å²) in [6.45, 7) is 6.27. The highest BCUT2D eigenvalue weighted by Gasteiger charge is 2.21. The maximum Gasteiger partial charge on any atom is 0.253 e. The predicted octanol–water partition coefficient (Wildman–Crippen LogP) is 2.22. The zero-order valence-electron chi connectivity index (χ0n) is 11.6. The van der Waals surface area contributed by atoms with Gasteiger partial charge in [-0.05, 0) is 30.9 Å². The third-order valence-corrected chi connectivity index (χ3v) is 2.78. The quantitative estimate of drug-likeness (QED) is 0.727. The van der Waals surface area contributed by atoms with Crippen LogP contribution in [0.15, 0.2) is 24.3 Å². The van der Waals surface area contributed by atoms with Crippen LogP contribution in [0.3, 0.4) is 0 Å². The fourth-order valence-electron chi connectivity index (χ4n) is 1.99. The summed E-state index contributed by atoms with van der Waals surface area (Å²) in [4.78, 5) is 11.9. The van der Waals surface area contributed by atoms with Crippen LogP contribution in [0.5, 0.6) is 0 Å². The lowest BCUT2D eigenvalue weighted by Gasteiger charge is -2.26. The molecule has 1 atom stereocenters. The number of halogens is 1. The van der Waals surface area contributed by atoms with E-state index < -0.39 is 0 Å². The van der Waals surface area contributed by atoms with Crippen LogP contribution in [0.1, 0.15) is 37.6 Å². The Bertz CT molecular complexity index is 420. The van der Waals surface area contributed by atoms with Crippen LogP contribution in [0.2, 0.25) is 0 Å². The van der Waals surface area contributed by atoms with Crippen LogP contribution in [0, 0.1) is 5.41 Å². The number of nitrogens with two attached hydrogens (primary N) is 1. The molecule has 1 aromatic carbocycles. The first-order valence-corrected chi connectivity index (χ1v) is 6.12. The molecule has 0 saturated heterocycles. The summed E-state index contributed by atoms with van der Waals surface area (Å²) in [6, 6.07) is 6.98. The predicted molar refractivity (Wildman–Crippen MR) is 80.5 cm³/mol. The van der Waals surface area contributed by atoms with Crippen molar-refractivity contribution in [1.82, 2.24) is 5.32 Å². The molecule has 0 fully saturated rings. The van der Waals surface area contributed by atoms with Crippen LogP contribution >= 0.6 is 12.4 Å². The Morgan fingerprint density at radius 2 is 2.00 bits per heavy atom. The van der Waals surface area contributed by atoms with E-state index in [1.165, 1.54) is 0 Å². The standard InChI is InChI=1S/C14H22N2O2.ClH/c1-10(17)8-14(2,3)9-16-13(18)11-6-4-5-7-12(11)15;/h4-7,10,17H,8-9,15H2,1-3H3,(H,16,18);1H. The number of rotatable bonds is 5. The Morgan fingerprint density at radius 3 is 2.53 bits per heavy atom. The van der Waals surface area contributed by atoms with Crippen molar-refractivity contribution in [3.63, 3.8) is 0 Å². The van der Waals surface area contributed by atoms with E-state index >= 15 is 0 Å². The third-order valence-electron chi connectivity index (χ3n) is 2.78. The number of amides is 1. The first-order chi connectivity index (χ1) is 8.32. The summed E-state index contributed by atoms with van der Waals surface area (Å²) in [7, 11) is 0. The molecule has 5 heteroatoms. The van der Waals surface area contributed by atoms with E-state index in [-0.39, 0.29) is 29.8 Å². The van der Waals surface area contributed by atoms with Crippen LogP contribution in [0.4, 0.5) is 5.69 Å². The molecule has 0 aliphatic heterocycles. The van der Waals surface area contributed by atoms with Gasteiger partial charge in [-0.3, -0.25) is 4.79 Å². The molecule has 0 spiro atoms. The van der Waals surface area contributed by atoms with Gasteiger partial charge in [0.15, 0.2) is 0 Å². The van der Waals surface area contributed by atoms with Crippen LogP contribution in [0.25, 0.3) is 0 Å².